The summed E-state index contributed by atoms with van der Waals surface area (Å²) in [6.07, 6.45) is 3.70. The van der Waals surface area contributed by atoms with Crippen LogP contribution in [-0.2, 0) is 11.2 Å². The van der Waals surface area contributed by atoms with Gasteiger partial charge in [-0.25, -0.2) is 9.50 Å². The predicted octanol–water partition coefficient (Wildman–Crippen LogP) is 1.56. The summed E-state index contributed by atoms with van der Waals surface area (Å²) in [5, 5.41) is 6.97. The van der Waals surface area contributed by atoms with E-state index in [-0.39, 0.29) is 11.8 Å². The number of amides is 2. The number of ether oxygens (including phenoxy) is 1. The van der Waals surface area contributed by atoms with E-state index in [1.165, 1.54) is 6.33 Å². The van der Waals surface area contributed by atoms with Crippen LogP contribution in [0.2, 0.25) is 0 Å². The van der Waals surface area contributed by atoms with Crippen molar-refractivity contribution in [2.75, 3.05) is 26.7 Å². The van der Waals surface area contributed by atoms with Gasteiger partial charge in [0.2, 0.25) is 5.91 Å². The highest BCUT2D eigenvalue weighted by molar-refractivity contribution is 5.97. The molecule has 1 aliphatic rings. The molecule has 3 aromatic rings. The van der Waals surface area contributed by atoms with Crippen LogP contribution in [0.15, 0.2) is 48.9 Å². The zero-order valence-corrected chi connectivity index (χ0v) is 16.5. The molecule has 2 amide bonds. The molecule has 1 aliphatic heterocycles. The zero-order chi connectivity index (χ0) is 20.4. The summed E-state index contributed by atoms with van der Waals surface area (Å²) >= 11 is 0. The third-order valence-electron chi connectivity index (χ3n) is 5.30. The molecule has 1 fully saturated rings. The number of hydrogen-bond donors (Lipinski definition) is 1. The molecule has 0 saturated carbocycles. The number of pyridine rings is 1. The van der Waals surface area contributed by atoms with Gasteiger partial charge in [-0.15, -0.1) is 0 Å². The summed E-state index contributed by atoms with van der Waals surface area (Å²) in [5.41, 5.74) is 1.52. The lowest BCUT2D eigenvalue weighted by Crippen LogP contribution is -2.65. The lowest BCUT2D eigenvalue weighted by molar-refractivity contribution is -0.139. The number of benzene rings is 1. The Morgan fingerprint density at radius 2 is 2.07 bits per heavy atom. The molecule has 1 aromatic carbocycles. The molecule has 0 aliphatic carbocycles. The van der Waals surface area contributed by atoms with Gasteiger partial charge >= 0.3 is 0 Å². The summed E-state index contributed by atoms with van der Waals surface area (Å²) in [6.45, 7) is 3.18. The molecular formula is C21H23N5O3. The highest BCUT2D eigenvalue weighted by Crippen LogP contribution is 2.36. The minimum absolute atomic E-state index is 0.0280. The number of rotatable bonds is 6. The summed E-state index contributed by atoms with van der Waals surface area (Å²) < 4.78 is 6.90. The molecule has 0 bridgehead atoms. The summed E-state index contributed by atoms with van der Waals surface area (Å²) in [7, 11) is 1.62. The first-order valence-electron chi connectivity index (χ1n) is 9.54. The van der Waals surface area contributed by atoms with Gasteiger partial charge < -0.3 is 15.0 Å². The van der Waals surface area contributed by atoms with Gasteiger partial charge in [0, 0.05) is 31.4 Å². The molecule has 29 heavy (non-hydrogen) atoms. The Morgan fingerprint density at radius 1 is 1.24 bits per heavy atom. The van der Waals surface area contributed by atoms with Crippen molar-refractivity contribution >= 4 is 17.5 Å². The van der Waals surface area contributed by atoms with E-state index >= 15 is 0 Å². The second-order valence-corrected chi connectivity index (χ2v) is 7.31. The number of carbonyl (C=O) groups excluding carboxylic acids is 2. The third-order valence-corrected chi connectivity index (χ3v) is 5.30. The lowest BCUT2D eigenvalue weighted by Gasteiger charge is -2.49. The van der Waals surface area contributed by atoms with Crippen LogP contribution in [0, 0.1) is 5.41 Å². The first-order valence-corrected chi connectivity index (χ1v) is 9.54. The summed E-state index contributed by atoms with van der Waals surface area (Å²) in [5.74, 6) is 0.614. The van der Waals surface area contributed by atoms with E-state index in [0.29, 0.717) is 37.3 Å². The van der Waals surface area contributed by atoms with Gasteiger partial charge in [-0.1, -0.05) is 12.1 Å². The first-order chi connectivity index (χ1) is 14.0. The number of nitrogens with zero attached hydrogens (tertiary/aromatic N) is 4. The summed E-state index contributed by atoms with van der Waals surface area (Å²) in [4.78, 5) is 31.6. The maximum absolute atomic E-state index is 12.9. The first kappa shape index (κ1) is 18.9. The van der Waals surface area contributed by atoms with Gasteiger partial charge in [0.05, 0.1) is 12.5 Å². The van der Waals surface area contributed by atoms with Crippen LogP contribution in [0.5, 0.6) is 5.75 Å². The second kappa shape index (κ2) is 7.54. The number of carbonyl (C=O) groups is 2. The standard InChI is InChI=1S/C21H23N5O3/c1-3-22-20(28)21(11-15-5-4-6-17(9-15)29-2)12-25(13-21)19(27)16-7-8-26-18(10-16)23-14-24-26/h4-10,14H,3,11-13H2,1-2H3,(H,22,28). The zero-order valence-electron chi connectivity index (χ0n) is 16.5. The Balaban J connectivity index is 1.53. The SMILES string of the molecule is CCNC(=O)C1(Cc2cccc(OC)c2)CN(C(=O)c2ccn3ncnc3c2)C1. The van der Waals surface area contributed by atoms with Gasteiger partial charge in [0.15, 0.2) is 5.65 Å². The van der Waals surface area contributed by atoms with Crippen LogP contribution in [0.4, 0.5) is 0 Å². The molecule has 150 valence electrons. The van der Waals surface area contributed by atoms with E-state index in [9.17, 15) is 9.59 Å². The van der Waals surface area contributed by atoms with Crippen LogP contribution >= 0.6 is 0 Å². The maximum atomic E-state index is 12.9. The average molecular weight is 393 g/mol. The number of methoxy groups -OCH3 is 1. The van der Waals surface area contributed by atoms with Gasteiger partial charge in [-0.05, 0) is 43.2 Å². The molecule has 0 radical (unpaired) electrons. The molecule has 3 heterocycles. The maximum Gasteiger partial charge on any atom is 0.254 e. The van der Waals surface area contributed by atoms with Crippen LogP contribution in [0.25, 0.3) is 5.65 Å². The van der Waals surface area contributed by atoms with Crippen molar-refractivity contribution in [3.63, 3.8) is 0 Å². The van der Waals surface area contributed by atoms with Gasteiger partial charge in [0.25, 0.3) is 5.91 Å². The fraction of sp³-hybridized carbons (Fsp3) is 0.333. The Labute approximate surface area is 168 Å². The second-order valence-electron chi connectivity index (χ2n) is 7.31. The van der Waals surface area contributed by atoms with E-state index in [0.717, 1.165) is 11.3 Å². The molecule has 0 atom stereocenters. The Hall–Kier alpha value is -3.42. The van der Waals surface area contributed by atoms with Gasteiger partial charge in [0.1, 0.15) is 12.1 Å². The molecule has 0 spiro atoms. The van der Waals surface area contributed by atoms with Crippen LogP contribution in [-0.4, -0.2) is 58.1 Å². The highest BCUT2D eigenvalue weighted by Gasteiger charge is 2.50. The third kappa shape index (κ3) is 3.53. The molecule has 8 heteroatoms. The molecule has 0 unspecified atom stereocenters. The number of nitrogens with one attached hydrogen (secondary N) is 1. The molecule has 4 rings (SSSR count). The number of fused-ring (bicyclic) bond motifs is 1. The lowest BCUT2D eigenvalue weighted by atomic mass is 9.73. The number of likely N-dealkylation sites (tertiary alicyclic amines) is 1. The number of hydrogen-bond acceptors (Lipinski definition) is 5. The van der Waals surface area contributed by atoms with Crippen LogP contribution < -0.4 is 10.1 Å². The Bertz CT molecular complexity index is 1060. The van der Waals surface area contributed by atoms with E-state index in [4.69, 9.17) is 4.74 Å². The van der Waals surface area contributed by atoms with Crippen molar-refractivity contribution in [2.24, 2.45) is 5.41 Å². The normalized spacial score (nSPS) is 15.0. The topological polar surface area (TPSA) is 88.8 Å². The number of aromatic nitrogens is 3. The van der Waals surface area contributed by atoms with Crippen LogP contribution in [0.3, 0.4) is 0 Å². The van der Waals surface area contributed by atoms with Crippen molar-refractivity contribution in [3.05, 3.63) is 60.0 Å². The smallest absolute Gasteiger partial charge is 0.254 e. The quantitative estimate of drug-likeness (QED) is 0.687. The monoisotopic (exact) mass is 393 g/mol. The minimum Gasteiger partial charge on any atom is -0.497 e. The molecular weight excluding hydrogens is 370 g/mol. The van der Waals surface area contributed by atoms with E-state index in [2.05, 4.69) is 15.4 Å². The van der Waals surface area contributed by atoms with Crippen molar-refractivity contribution < 1.29 is 14.3 Å². The Kier molecular flexibility index (Phi) is 4.92. The largest absolute Gasteiger partial charge is 0.497 e. The molecule has 2 aromatic heterocycles. The molecule has 8 nitrogen and oxygen atoms in total. The van der Waals surface area contributed by atoms with Crippen molar-refractivity contribution in [2.45, 2.75) is 13.3 Å². The van der Waals surface area contributed by atoms with E-state index in [1.807, 2.05) is 31.2 Å². The van der Waals surface area contributed by atoms with E-state index in [1.54, 1.807) is 34.9 Å². The highest BCUT2D eigenvalue weighted by atomic mass is 16.5. The van der Waals surface area contributed by atoms with Crippen molar-refractivity contribution in [1.82, 2.24) is 24.8 Å². The average Bonchev–Trinajstić information content (AvgIpc) is 3.18. The van der Waals surface area contributed by atoms with Gasteiger partial charge in [-0.2, -0.15) is 5.10 Å². The fourth-order valence-electron chi connectivity index (χ4n) is 3.82. The fourth-order valence-corrected chi connectivity index (χ4v) is 3.82. The molecule has 1 N–H and O–H groups in total. The molecule has 1 saturated heterocycles. The van der Waals surface area contributed by atoms with Crippen molar-refractivity contribution in [1.29, 1.82) is 0 Å². The minimum atomic E-state index is -0.642. The van der Waals surface area contributed by atoms with Gasteiger partial charge in [-0.3, -0.25) is 9.59 Å². The van der Waals surface area contributed by atoms with Crippen LogP contribution in [0.1, 0.15) is 22.8 Å². The van der Waals surface area contributed by atoms with E-state index < -0.39 is 5.41 Å². The summed E-state index contributed by atoms with van der Waals surface area (Å²) in [6, 6.07) is 11.1. The predicted molar refractivity (Wildman–Crippen MR) is 107 cm³/mol. The Morgan fingerprint density at radius 3 is 2.83 bits per heavy atom. The van der Waals surface area contributed by atoms with Crippen molar-refractivity contribution in [3.8, 4) is 5.75 Å².